The number of hydrogen-bond donors (Lipinski definition) is 3. The molecule has 1 aromatic carbocycles. The number of nitrogens with one attached hydrogen (secondary N) is 2. The predicted octanol–water partition coefficient (Wildman–Crippen LogP) is 2.29. The lowest BCUT2D eigenvalue weighted by Crippen LogP contribution is -2.04. The summed E-state index contributed by atoms with van der Waals surface area (Å²) in [5, 5.41) is 17.5. The number of sulfone groups is 1. The van der Waals surface area contributed by atoms with Crippen molar-refractivity contribution in [2.24, 2.45) is 0 Å². The van der Waals surface area contributed by atoms with Crippen LogP contribution < -0.4 is 10.6 Å². The van der Waals surface area contributed by atoms with Gasteiger partial charge in [0.25, 0.3) is 0 Å². The standard InChI is InChI=1S/C14H14BrN5O2S.CH4O/c1-16-12-7-13(20-14(19-12)11(15)8-17-20)18-9-3-5-10(6-4-9)23(2,21)22;1-2/h3-8,18H,1-2H3,(H,16,19);2H,1H3. The molecule has 0 aliphatic rings. The molecular weight excluding hydrogens is 410 g/mol. The van der Waals surface area contributed by atoms with Gasteiger partial charge >= 0.3 is 0 Å². The Hall–Kier alpha value is -2.17. The summed E-state index contributed by atoms with van der Waals surface area (Å²) in [6, 6.07) is 8.36. The van der Waals surface area contributed by atoms with E-state index in [-0.39, 0.29) is 4.90 Å². The van der Waals surface area contributed by atoms with Crippen molar-refractivity contribution in [3.8, 4) is 0 Å². The van der Waals surface area contributed by atoms with Gasteiger partial charge in [-0.15, -0.1) is 0 Å². The fourth-order valence-corrected chi connectivity index (χ4v) is 3.07. The highest BCUT2D eigenvalue weighted by Crippen LogP contribution is 2.25. The van der Waals surface area contributed by atoms with Crippen molar-refractivity contribution in [2.75, 3.05) is 31.0 Å². The minimum absolute atomic E-state index is 0.278. The zero-order valence-electron chi connectivity index (χ0n) is 13.9. The third-order valence-corrected chi connectivity index (χ3v) is 4.93. The summed E-state index contributed by atoms with van der Waals surface area (Å²) in [4.78, 5) is 4.70. The number of halogens is 1. The number of benzene rings is 1. The Morgan fingerprint density at radius 1 is 1.20 bits per heavy atom. The Morgan fingerprint density at radius 2 is 1.84 bits per heavy atom. The number of nitrogens with zero attached hydrogens (tertiary/aromatic N) is 3. The van der Waals surface area contributed by atoms with Gasteiger partial charge in [-0.2, -0.15) is 9.61 Å². The number of rotatable bonds is 4. The smallest absolute Gasteiger partial charge is 0.175 e. The highest BCUT2D eigenvalue weighted by atomic mass is 79.9. The summed E-state index contributed by atoms with van der Waals surface area (Å²) >= 11 is 3.41. The molecular formula is C15H18BrN5O3S. The van der Waals surface area contributed by atoms with E-state index in [4.69, 9.17) is 5.11 Å². The van der Waals surface area contributed by atoms with Gasteiger partial charge in [-0.25, -0.2) is 13.4 Å². The van der Waals surface area contributed by atoms with Crippen molar-refractivity contribution in [1.82, 2.24) is 14.6 Å². The maximum atomic E-state index is 11.5. The van der Waals surface area contributed by atoms with Crippen LogP contribution in [0.1, 0.15) is 0 Å². The molecule has 0 aliphatic heterocycles. The van der Waals surface area contributed by atoms with Crippen LogP contribution >= 0.6 is 15.9 Å². The summed E-state index contributed by atoms with van der Waals surface area (Å²) < 4.78 is 25.5. The molecule has 2 aromatic heterocycles. The van der Waals surface area contributed by atoms with E-state index in [2.05, 4.69) is 36.6 Å². The Labute approximate surface area is 154 Å². The first-order valence-corrected chi connectivity index (χ1v) is 9.81. The molecule has 8 nitrogen and oxygen atoms in total. The average molecular weight is 428 g/mol. The van der Waals surface area contributed by atoms with E-state index >= 15 is 0 Å². The average Bonchev–Trinajstić information content (AvgIpc) is 2.98. The van der Waals surface area contributed by atoms with Gasteiger partial charge in [0.15, 0.2) is 15.5 Å². The second kappa shape index (κ2) is 7.81. The Morgan fingerprint density at radius 3 is 2.40 bits per heavy atom. The Bertz CT molecular complexity index is 971. The maximum Gasteiger partial charge on any atom is 0.175 e. The molecule has 0 atom stereocenters. The summed E-state index contributed by atoms with van der Waals surface area (Å²) in [7, 11) is -0.420. The number of fused-ring (bicyclic) bond motifs is 1. The lowest BCUT2D eigenvalue weighted by Gasteiger charge is -2.11. The largest absolute Gasteiger partial charge is 0.400 e. The van der Waals surface area contributed by atoms with E-state index < -0.39 is 9.84 Å². The molecule has 134 valence electrons. The summed E-state index contributed by atoms with van der Waals surface area (Å²) in [6.07, 6.45) is 2.85. The molecule has 0 amide bonds. The molecule has 0 radical (unpaired) electrons. The second-order valence-corrected chi connectivity index (χ2v) is 7.80. The summed E-state index contributed by atoms with van der Waals surface area (Å²) in [6.45, 7) is 0. The summed E-state index contributed by atoms with van der Waals surface area (Å²) in [5.74, 6) is 1.39. The van der Waals surface area contributed by atoms with Gasteiger partial charge in [-0.1, -0.05) is 0 Å². The fourth-order valence-electron chi connectivity index (χ4n) is 2.09. The Balaban J connectivity index is 0.00000109. The molecule has 3 N–H and O–H groups in total. The van der Waals surface area contributed by atoms with Gasteiger partial charge < -0.3 is 15.7 Å². The first-order valence-electron chi connectivity index (χ1n) is 7.12. The van der Waals surface area contributed by atoms with Gasteiger partial charge in [0.2, 0.25) is 0 Å². The van der Waals surface area contributed by atoms with E-state index in [9.17, 15) is 8.42 Å². The van der Waals surface area contributed by atoms with Gasteiger partial charge in [0.1, 0.15) is 11.6 Å². The van der Waals surface area contributed by atoms with Crippen LogP contribution in [0.15, 0.2) is 45.9 Å². The van der Waals surface area contributed by atoms with Gasteiger partial charge in [0, 0.05) is 32.2 Å². The van der Waals surface area contributed by atoms with Crippen LogP contribution in [0.2, 0.25) is 0 Å². The van der Waals surface area contributed by atoms with Crippen LogP contribution in [0.5, 0.6) is 0 Å². The second-order valence-electron chi connectivity index (χ2n) is 4.93. The monoisotopic (exact) mass is 427 g/mol. The zero-order chi connectivity index (χ0) is 18.6. The number of aromatic nitrogens is 3. The molecule has 0 spiro atoms. The van der Waals surface area contributed by atoms with Crippen LogP contribution in [0.25, 0.3) is 5.65 Å². The molecule has 0 unspecified atom stereocenters. The van der Waals surface area contributed by atoms with Crippen LogP contribution in [0, 0.1) is 0 Å². The molecule has 0 saturated carbocycles. The molecule has 0 fully saturated rings. The summed E-state index contributed by atoms with van der Waals surface area (Å²) in [5.41, 5.74) is 1.42. The normalized spacial score (nSPS) is 10.9. The highest BCUT2D eigenvalue weighted by molar-refractivity contribution is 9.10. The predicted molar refractivity (Wildman–Crippen MR) is 101 cm³/mol. The van der Waals surface area contributed by atoms with Crippen molar-refractivity contribution in [3.63, 3.8) is 0 Å². The molecule has 0 aliphatic carbocycles. The molecule has 2 heterocycles. The van der Waals surface area contributed by atoms with Crippen molar-refractivity contribution in [2.45, 2.75) is 4.90 Å². The number of aliphatic hydroxyl groups is 1. The van der Waals surface area contributed by atoms with Crippen molar-refractivity contribution >= 4 is 48.7 Å². The van der Waals surface area contributed by atoms with E-state index in [0.29, 0.717) is 17.3 Å². The van der Waals surface area contributed by atoms with Crippen LogP contribution in [-0.4, -0.2) is 48.5 Å². The minimum Gasteiger partial charge on any atom is -0.400 e. The third kappa shape index (κ3) is 4.27. The van der Waals surface area contributed by atoms with Crippen molar-refractivity contribution < 1.29 is 13.5 Å². The molecule has 3 rings (SSSR count). The fraction of sp³-hybridized carbons (Fsp3) is 0.200. The van der Waals surface area contributed by atoms with E-state index in [0.717, 1.165) is 17.3 Å². The number of anilines is 3. The van der Waals surface area contributed by atoms with Gasteiger partial charge in [0.05, 0.1) is 15.6 Å². The molecule has 10 heteroatoms. The quantitative estimate of drug-likeness (QED) is 0.585. The highest BCUT2D eigenvalue weighted by Gasteiger charge is 2.11. The van der Waals surface area contributed by atoms with E-state index in [1.54, 1.807) is 42.0 Å². The van der Waals surface area contributed by atoms with Gasteiger partial charge in [-0.05, 0) is 40.2 Å². The molecule has 0 saturated heterocycles. The van der Waals surface area contributed by atoms with Gasteiger partial charge in [-0.3, -0.25) is 0 Å². The number of aliphatic hydroxyl groups excluding tert-OH is 1. The maximum absolute atomic E-state index is 11.5. The van der Waals surface area contributed by atoms with Crippen LogP contribution in [-0.2, 0) is 9.84 Å². The lowest BCUT2D eigenvalue weighted by molar-refractivity contribution is 0.399. The lowest BCUT2D eigenvalue weighted by atomic mass is 10.3. The van der Waals surface area contributed by atoms with E-state index in [1.807, 2.05) is 6.07 Å². The van der Waals surface area contributed by atoms with E-state index in [1.165, 1.54) is 6.26 Å². The molecule has 0 bridgehead atoms. The molecule has 25 heavy (non-hydrogen) atoms. The number of hydrogen-bond acceptors (Lipinski definition) is 7. The van der Waals surface area contributed by atoms with Crippen molar-refractivity contribution in [1.29, 1.82) is 0 Å². The van der Waals surface area contributed by atoms with Crippen LogP contribution in [0.4, 0.5) is 17.3 Å². The molecule has 3 aromatic rings. The topological polar surface area (TPSA) is 109 Å². The first-order chi connectivity index (χ1) is 11.9. The SMILES string of the molecule is CNc1cc(Nc2ccc(S(C)(=O)=O)cc2)n2ncc(Br)c2n1.CO. The zero-order valence-corrected chi connectivity index (χ0v) is 16.3. The first kappa shape index (κ1) is 19.2. The Kier molecular flexibility index (Phi) is 5.98. The minimum atomic E-state index is -3.21. The van der Waals surface area contributed by atoms with Crippen molar-refractivity contribution in [3.05, 3.63) is 41.0 Å². The third-order valence-electron chi connectivity index (χ3n) is 3.24. The van der Waals surface area contributed by atoms with Crippen LogP contribution in [0.3, 0.4) is 0 Å².